The summed E-state index contributed by atoms with van der Waals surface area (Å²) < 4.78 is 15.0. The Kier molecular flexibility index (Phi) is 12.6. The van der Waals surface area contributed by atoms with Gasteiger partial charge in [-0.15, -0.1) is 22.7 Å². The molecular formula is C34H44N10O8S2. The van der Waals surface area contributed by atoms with Gasteiger partial charge in [0.2, 0.25) is 11.8 Å². The Morgan fingerprint density at radius 2 is 1.35 bits per heavy atom. The van der Waals surface area contributed by atoms with Crippen LogP contribution in [0.5, 0.6) is 0 Å². The molecular weight excluding hydrogens is 741 g/mol. The van der Waals surface area contributed by atoms with Crippen LogP contribution < -0.4 is 5.32 Å². The van der Waals surface area contributed by atoms with Crippen LogP contribution in [0.4, 0.5) is 9.59 Å². The number of hydrogen-bond donors (Lipinski definition) is 4. The number of hydrogen-bond acceptors (Lipinski definition) is 13. The molecule has 0 aromatic carbocycles. The molecule has 0 unspecified atom stereocenters. The smallest absolute Gasteiger partial charge is 0.407 e. The molecule has 54 heavy (non-hydrogen) atoms. The number of carbonyl (C=O) groups is 4. The fourth-order valence-corrected chi connectivity index (χ4v) is 8.61. The molecule has 0 radical (unpaired) electrons. The summed E-state index contributed by atoms with van der Waals surface area (Å²) in [4.78, 5) is 82.3. The number of aromatic nitrogens is 6. The van der Waals surface area contributed by atoms with E-state index in [1.165, 1.54) is 43.9 Å². The first-order chi connectivity index (χ1) is 26.1. The number of methoxy groups -OCH3 is 3. The fourth-order valence-electron chi connectivity index (χ4n) is 6.82. The molecule has 2 aliphatic rings. The fraction of sp³-hybridized carbons (Fsp3) is 0.529. The molecule has 4 N–H and O–H groups in total. The topological polar surface area (TPSA) is 221 Å². The minimum absolute atomic E-state index is 0.217. The highest BCUT2D eigenvalue weighted by molar-refractivity contribution is 7.24. The maximum Gasteiger partial charge on any atom is 0.407 e. The van der Waals surface area contributed by atoms with Crippen molar-refractivity contribution in [1.29, 1.82) is 0 Å². The monoisotopic (exact) mass is 784 g/mol. The van der Waals surface area contributed by atoms with Gasteiger partial charge in [-0.05, 0) is 25.7 Å². The molecule has 2 aliphatic heterocycles. The highest BCUT2D eigenvalue weighted by Gasteiger charge is 2.39. The summed E-state index contributed by atoms with van der Waals surface area (Å²) in [6, 6.07) is -2.23. The largest absolute Gasteiger partial charge is 0.465 e. The Morgan fingerprint density at radius 3 is 1.85 bits per heavy atom. The van der Waals surface area contributed by atoms with Gasteiger partial charge in [0.25, 0.3) is 0 Å². The molecule has 0 saturated carbocycles. The van der Waals surface area contributed by atoms with E-state index in [0.717, 1.165) is 55.3 Å². The number of likely N-dealkylation sites (N-methyl/N-ethyl adjacent to an activating group) is 1. The standard InChI is InChI=1S/C34H44N10O8S2/c1-42(34(48)49)24(10-14-51-3)32(46)44-12-6-8-23(44)28-36-16-21(40-28)26-18-38-30(54-26)29-37-17-25(53-29)20-15-35-27(39-20)22-7-5-11-43(22)31(45)19(9-13-50-2)41-33(47)52-4/h15-19,22-24H,5-14H2,1-4H3,(H,35,39)(H,36,40)(H,41,47)(H,48,49)/t19-,22-,23-,24-/m0/s1. The van der Waals surface area contributed by atoms with Crippen LogP contribution in [-0.2, 0) is 23.8 Å². The number of ether oxygens (including phenoxy) is 3. The van der Waals surface area contributed by atoms with Gasteiger partial charge in [0.05, 0.1) is 52.7 Å². The number of H-pyrrole nitrogens is 2. The molecule has 0 spiro atoms. The van der Waals surface area contributed by atoms with Crippen molar-refractivity contribution in [2.75, 3.05) is 54.7 Å². The Morgan fingerprint density at radius 1 is 0.833 bits per heavy atom. The van der Waals surface area contributed by atoms with Gasteiger partial charge in [-0.1, -0.05) is 0 Å². The van der Waals surface area contributed by atoms with E-state index in [1.807, 2.05) is 0 Å². The molecule has 4 amide bonds. The van der Waals surface area contributed by atoms with Gasteiger partial charge in [0.1, 0.15) is 23.7 Å². The van der Waals surface area contributed by atoms with Crippen LogP contribution in [0.3, 0.4) is 0 Å². The zero-order valence-corrected chi connectivity index (χ0v) is 32.1. The Hall–Kier alpha value is -4.92. The number of amides is 4. The van der Waals surface area contributed by atoms with Gasteiger partial charge in [-0.25, -0.2) is 29.5 Å². The molecule has 4 aromatic heterocycles. The van der Waals surface area contributed by atoms with Crippen LogP contribution in [0.1, 0.15) is 62.3 Å². The second-order valence-electron chi connectivity index (χ2n) is 13.0. The van der Waals surface area contributed by atoms with Crippen molar-refractivity contribution in [3.05, 3.63) is 36.4 Å². The van der Waals surface area contributed by atoms with E-state index < -0.39 is 24.3 Å². The number of aromatic amines is 2. The van der Waals surface area contributed by atoms with Gasteiger partial charge in [0.15, 0.2) is 10.0 Å². The van der Waals surface area contributed by atoms with Crippen molar-refractivity contribution in [1.82, 2.24) is 49.9 Å². The van der Waals surface area contributed by atoms with Crippen LogP contribution >= 0.6 is 22.7 Å². The maximum atomic E-state index is 13.6. The van der Waals surface area contributed by atoms with E-state index in [0.29, 0.717) is 44.2 Å². The van der Waals surface area contributed by atoms with Crippen LogP contribution in [0, 0.1) is 0 Å². The number of nitrogens with zero attached hydrogens (tertiary/aromatic N) is 7. The van der Waals surface area contributed by atoms with E-state index in [9.17, 15) is 24.3 Å². The molecule has 20 heteroatoms. The first-order valence-corrected chi connectivity index (χ1v) is 19.2. The van der Waals surface area contributed by atoms with E-state index in [-0.39, 0.29) is 36.9 Å². The number of alkyl carbamates (subject to hydrolysis) is 1. The molecule has 2 fully saturated rings. The second kappa shape index (κ2) is 17.5. The van der Waals surface area contributed by atoms with Crippen molar-refractivity contribution in [3.63, 3.8) is 0 Å². The first kappa shape index (κ1) is 38.8. The van der Waals surface area contributed by atoms with Crippen molar-refractivity contribution >= 4 is 46.7 Å². The third-order valence-electron chi connectivity index (χ3n) is 9.66. The summed E-state index contributed by atoms with van der Waals surface area (Å²) in [5.41, 5.74) is 1.52. The highest BCUT2D eigenvalue weighted by atomic mass is 32.1. The van der Waals surface area contributed by atoms with Gasteiger partial charge < -0.3 is 44.4 Å². The van der Waals surface area contributed by atoms with Crippen molar-refractivity contribution in [3.8, 4) is 31.2 Å². The minimum atomic E-state index is -1.17. The number of carboxylic acid groups (broad SMARTS) is 1. The molecule has 4 atom stereocenters. The van der Waals surface area contributed by atoms with Gasteiger partial charge in [-0.2, -0.15) is 0 Å². The average Bonchev–Trinajstić information content (AvgIpc) is 4.02. The van der Waals surface area contributed by atoms with Crippen LogP contribution in [-0.4, -0.2) is 140 Å². The molecule has 0 aliphatic carbocycles. The van der Waals surface area contributed by atoms with E-state index in [1.54, 1.807) is 41.7 Å². The number of rotatable bonds is 15. The molecule has 0 bridgehead atoms. The summed E-state index contributed by atoms with van der Waals surface area (Å²) in [6.07, 6.45) is 8.69. The lowest BCUT2D eigenvalue weighted by Crippen LogP contribution is -2.49. The third-order valence-corrected chi connectivity index (χ3v) is 11.9. The minimum Gasteiger partial charge on any atom is -0.465 e. The molecule has 18 nitrogen and oxygen atoms in total. The van der Waals surface area contributed by atoms with E-state index in [2.05, 4.69) is 35.2 Å². The SMILES string of the molecule is COCC[C@H](NC(=O)OC)C(=O)N1CCC[C@H]1c1ncc(-c2cnc(-c3ncc(-c4cnc([C@@H]5CCCN5C(=O)[C@H](CCOC)N(C)C(=O)O)[nH]4)s3)s2)[nH]1. The normalized spacial score (nSPS) is 18.1. The summed E-state index contributed by atoms with van der Waals surface area (Å²) >= 11 is 2.92. The van der Waals surface area contributed by atoms with Crippen LogP contribution in [0.25, 0.3) is 31.2 Å². The molecule has 6 heterocycles. The first-order valence-electron chi connectivity index (χ1n) is 17.5. The van der Waals surface area contributed by atoms with E-state index in [4.69, 9.17) is 14.2 Å². The Bertz CT molecular complexity index is 1930. The highest BCUT2D eigenvalue weighted by Crippen LogP contribution is 2.39. The molecule has 290 valence electrons. The maximum absolute atomic E-state index is 13.6. The van der Waals surface area contributed by atoms with Crippen LogP contribution in [0.15, 0.2) is 24.8 Å². The molecule has 2 saturated heterocycles. The number of imidazole rings is 2. The lowest BCUT2D eigenvalue weighted by atomic mass is 10.1. The van der Waals surface area contributed by atoms with Gasteiger partial charge >= 0.3 is 12.2 Å². The van der Waals surface area contributed by atoms with Crippen molar-refractivity contribution in [2.24, 2.45) is 0 Å². The number of nitrogens with one attached hydrogen (secondary N) is 3. The summed E-state index contributed by atoms with van der Waals surface area (Å²) in [5.74, 6) is 0.803. The Labute approximate surface area is 319 Å². The number of carbonyl (C=O) groups excluding carboxylic acids is 3. The lowest BCUT2D eigenvalue weighted by Gasteiger charge is -2.31. The number of likely N-dealkylation sites (tertiary alicyclic amines) is 2. The summed E-state index contributed by atoms with van der Waals surface area (Å²) in [7, 11) is 5.72. The third kappa shape index (κ3) is 8.40. The average molecular weight is 785 g/mol. The number of thiazole rings is 2. The molecule has 4 aromatic rings. The van der Waals surface area contributed by atoms with Gasteiger partial charge in [0, 0.05) is 72.8 Å². The van der Waals surface area contributed by atoms with E-state index >= 15 is 0 Å². The van der Waals surface area contributed by atoms with Crippen molar-refractivity contribution in [2.45, 2.75) is 62.7 Å². The summed E-state index contributed by atoms with van der Waals surface area (Å²) in [5, 5.41) is 13.7. The van der Waals surface area contributed by atoms with Gasteiger partial charge in [-0.3, -0.25) is 14.5 Å². The van der Waals surface area contributed by atoms with Crippen LogP contribution in [0.2, 0.25) is 0 Å². The second-order valence-corrected chi connectivity index (χ2v) is 15.0. The predicted octanol–water partition coefficient (Wildman–Crippen LogP) is 4.15. The lowest BCUT2D eigenvalue weighted by molar-refractivity contribution is -0.137. The zero-order chi connectivity index (χ0) is 38.4. The quantitative estimate of drug-likeness (QED) is 0.134. The molecule has 6 rings (SSSR count). The Balaban J connectivity index is 1.13. The zero-order valence-electron chi connectivity index (χ0n) is 30.4. The summed E-state index contributed by atoms with van der Waals surface area (Å²) in [6.45, 7) is 1.60. The van der Waals surface area contributed by atoms with Crippen molar-refractivity contribution < 1.29 is 38.5 Å². The predicted molar refractivity (Wildman–Crippen MR) is 198 cm³/mol.